The van der Waals surface area contributed by atoms with Crippen molar-refractivity contribution < 1.29 is 28.5 Å². The van der Waals surface area contributed by atoms with E-state index in [1.54, 1.807) is 18.9 Å². The molecule has 0 bridgehead atoms. The molecule has 4 rings (SSSR count). The van der Waals surface area contributed by atoms with E-state index in [2.05, 4.69) is 15.8 Å². The van der Waals surface area contributed by atoms with Crippen molar-refractivity contribution in [2.45, 2.75) is 69.5 Å². The molecule has 1 aromatic carbocycles. The molecule has 11 heteroatoms. The Bertz CT molecular complexity index is 1200. The van der Waals surface area contributed by atoms with Crippen molar-refractivity contribution in [1.82, 2.24) is 25.6 Å². The number of aryl methyl sites for hydroxylation is 1. The van der Waals surface area contributed by atoms with Gasteiger partial charge in [-0.15, -0.1) is 0 Å². The van der Waals surface area contributed by atoms with E-state index in [9.17, 15) is 24.0 Å². The Morgan fingerprint density at radius 3 is 2.62 bits per heavy atom. The lowest BCUT2D eigenvalue weighted by Gasteiger charge is -2.29. The molecule has 2 aliphatic heterocycles. The number of carbonyl (C=O) groups is 5. The standard InChI is InChI=1S/C28H35N5O6/c1-18-14-23(31-39-18)26(36)30-22-10-6-7-13-32(2)25(35)12-11-21(17-34)29-27(37)24-15-20(16-33(24)28(22)38)19-8-4-3-5-9-19/h3-5,8-9,14,17,20-22,24H,6-7,10-13,15-16H2,1-2H3,(H,29,37)(H,30,36). The van der Waals surface area contributed by atoms with Gasteiger partial charge in [0.2, 0.25) is 17.7 Å². The molecule has 4 amide bonds. The molecule has 2 aliphatic rings. The highest BCUT2D eigenvalue weighted by Crippen LogP contribution is 2.33. The number of rotatable bonds is 4. The molecule has 11 nitrogen and oxygen atoms in total. The number of carbonyl (C=O) groups excluding carboxylic acids is 5. The lowest BCUT2D eigenvalue weighted by atomic mass is 9.96. The summed E-state index contributed by atoms with van der Waals surface area (Å²) in [4.78, 5) is 67.8. The zero-order valence-corrected chi connectivity index (χ0v) is 22.3. The molecule has 2 saturated heterocycles. The van der Waals surface area contributed by atoms with Gasteiger partial charge in [0.15, 0.2) is 5.69 Å². The molecular weight excluding hydrogens is 502 g/mol. The van der Waals surface area contributed by atoms with E-state index in [-0.39, 0.29) is 36.3 Å². The minimum atomic E-state index is -0.910. The topological polar surface area (TPSA) is 142 Å². The maximum atomic E-state index is 14.0. The Kier molecular flexibility index (Phi) is 9.11. The van der Waals surface area contributed by atoms with E-state index in [1.165, 1.54) is 11.0 Å². The highest BCUT2D eigenvalue weighted by molar-refractivity contribution is 5.97. The number of hydrogen-bond acceptors (Lipinski definition) is 7. The fourth-order valence-corrected chi connectivity index (χ4v) is 5.20. The number of amides is 4. The molecule has 4 atom stereocenters. The number of fused-ring (bicyclic) bond motifs is 1. The van der Waals surface area contributed by atoms with E-state index < -0.39 is 29.9 Å². The largest absolute Gasteiger partial charge is 0.361 e. The van der Waals surface area contributed by atoms with Gasteiger partial charge in [0, 0.05) is 38.5 Å². The van der Waals surface area contributed by atoms with Crippen LogP contribution in [-0.4, -0.2) is 83.1 Å². The molecule has 39 heavy (non-hydrogen) atoms. The van der Waals surface area contributed by atoms with Crippen molar-refractivity contribution in [2.24, 2.45) is 0 Å². The molecule has 0 saturated carbocycles. The molecule has 0 radical (unpaired) electrons. The fourth-order valence-electron chi connectivity index (χ4n) is 5.20. The van der Waals surface area contributed by atoms with Gasteiger partial charge in [-0.2, -0.15) is 0 Å². The van der Waals surface area contributed by atoms with Gasteiger partial charge < -0.3 is 29.8 Å². The van der Waals surface area contributed by atoms with E-state index >= 15 is 0 Å². The van der Waals surface area contributed by atoms with Crippen LogP contribution in [0, 0.1) is 6.92 Å². The lowest BCUT2D eigenvalue weighted by molar-refractivity contribution is -0.140. The predicted octanol–water partition coefficient (Wildman–Crippen LogP) is 1.57. The van der Waals surface area contributed by atoms with Gasteiger partial charge in [-0.3, -0.25) is 19.2 Å². The molecule has 2 fully saturated rings. The summed E-state index contributed by atoms with van der Waals surface area (Å²) in [6.45, 7) is 2.43. The lowest BCUT2D eigenvalue weighted by Crippen LogP contribution is -2.54. The zero-order chi connectivity index (χ0) is 27.9. The Labute approximate surface area is 227 Å². The predicted molar refractivity (Wildman–Crippen MR) is 141 cm³/mol. The number of aldehydes is 1. The Hall–Kier alpha value is -4.02. The quantitative estimate of drug-likeness (QED) is 0.564. The average Bonchev–Trinajstić information content (AvgIpc) is 3.59. The Balaban J connectivity index is 1.63. The number of nitrogens with zero attached hydrogens (tertiary/aromatic N) is 3. The van der Waals surface area contributed by atoms with Gasteiger partial charge in [0.25, 0.3) is 5.91 Å². The molecular formula is C28H35N5O6. The van der Waals surface area contributed by atoms with Crippen LogP contribution < -0.4 is 10.6 Å². The normalized spacial score (nSPS) is 25.3. The first kappa shape index (κ1) is 28.0. The number of aromatic nitrogens is 1. The maximum absolute atomic E-state index is 14.0. The first-order valence-corrected chi connectivity index (χ1v) is 13.4. The molecule has 2 aromatic rings. The zero-order valence-electron chi connectivity index (χ0n) is 22.3. The molecule has 0 aliphatic carbocycles. The summed E-state index contributed by atoms with van der Waals surface area (Å²) in [7, 11) is 1.69. The highest BCUT2D eigenvalue weighted by Gasteiger charge is 2.43. The highest BCUT2D eigenvalue weighted by atomic mass is 16.5. The number of nitrogens with one attached hydrogen (secondary N) is 2. The minimum absolute atomic E-state index is 0.0632. The van der Waals surface area contributed by atoms with Gasteiger partial charge >= 0.3 is 0 Å². The smallest absolute Gasteiger partial charge is 0.274 e. The second-order valence-corrected chi connectivity index (χ2v) is 10.3. The minimum Gasteiger partial charge on any atom is -0.361 e. The van der Waals surface area contributed by atoms with Crippen molar-refractivity contribution >= 4 is 29.9 Å². The van der Waals surface area contributed by atoms with Crippen LogP contribution in [0.2, 0.25) is 0 Å². The van der Waals surface area contributed by atoms with Crippen LogP contribution >= 0.6 is 0 Å². The molecule has 0 spiro atoms. The summed E-state index contributed by atoms with van der Waals surface area (Å²) in [6.07, 6.45) is 2.80. The average molecular weight is 538 g/mol. The van der Waals surface area contributed by atoms with Crippen molar-refractivity contribution in [1.29, 1.82) is 0 Å². The third-order valence-corrected chi connectivity index (χ3v) is 7.45. The maximum Gasteiger partial charge on any atom is 0.274 e. The fraction of sp³-hybridized carbons (Fsp3) is 0.500. The summed E-state index contributed by atoms with van der Waals surface area (Å²) in [5, 5.41) is 9.29. The van der Waals surface area contributed by atoms with E-state index in [0.29, 0.717) is 50.8 Å². The van der Waals surface area contributed by atoms with Crippen LogP contribution in [0.15, 0.2) is 40.9 Å². The summed E-state index contributed by atoms with van der Waals surface area (Å²) >= 11 is 0. The second kappa shape index (κ2) is 12.7. The van der Waals surface area contributed by atoms with Crippen LogP contribution in [-0.2, 0) is 19.2 Å². The van der Waals surface area contributed by atoms with Crippen molar-refractivity contribution in [3.63, 3.8) is 0 Å². The summed E-state index contributed by atoms with van der Waals surface area (Å²) in [5.41, 5.74) is 1.06. The third kappa shape index (κ3) is 6.90. The molecule has 2 N–H and O–H groups in total. The SMILES string of the molecule is Cc1cc(C(=O)NC2CCCCN(C)C(=O)CCC(C=O)NC(=O)C3CC(c4ccccc4)CN3C2=O)no1. The third-order valence-electron chi connectivity index (χ3n) is 7.45. The first-order valence-electron chi connectivity index (χ1n) is 13.4. The van der Waals surface area contributed by atoms with Crippen LogP contribution in [0.1, 0.15) is 66.3 Å². The second-order valence-electron chi connectivity index (χ2n) is 10.3. The summed E-state index contributed by atoms with van der Waals surface area (Å²) < 4.78 is 5.01. The first-order chi connectivity index (χ1) is 18.8. The summed E-state index contributed by atoms with van der Waals surface area (Å²) in [5.74, 6) is -1.12. The Morgan fingerprint density at radius 2 is 1.92 bits per heavy atom. The summed E-state index contributed by atoms with van der Waals surface area (Å²) in [6, 6.07) is 8.54. The number of benzene rings is 1. The van der Waals surface area contributed by atoms with Crippen molar-refractivity contribution in [2.75, 3.05) is 20.1 Å². The van der Waals surface area contributed by atoms with Gasteiger partial charge in [0.05, 0.1) is 6.04 Å². The van der Waals surface area contributed by atoms with Crippen molar-refractivity contribution in [3.05, 3.63) is 53.4 Å². The van der Waals surface area contributed by atoms with Gasteiger partial charge in [-0.25, -0.2) is 0 Å². The Morgan fingerprint density at radius 1 is 1.15 bits per heavy atom. The van der Waals surface area contributed by atoms with E-state index in [0.717, 1.165) is 5.56 Å². The molecule has 4 unspecified atom stereocenters. The van der Waals surface area contributed by atoms with E-state index in [1.807, 2.05) is 30.3 Å². The van der Waals surface area contributed by atoms with Gasteiger partial charge in [-0.1, -0.05) is 35.5 Å². The molecule has 3 heterocycles. The molecule has 1 aromatic heterocycles. The monoisotopic (exact) mass is 537 g/mol. The van der Waals surface area contributed by atoms with Gasteiger partial charge in [-0.05, 0) is 44.6 Å². The van der Waals surface area contributed by atoms with Crippen LogP contribution in [0.4, 0.5) is 0 Å². The van der Waals surface area contributed by atoms with Crippen molar-refractivity contribution in [3.8, 4) is 0 Å². The van der Waals surface area contributed by atoms with Crippen LogP contribution in [0.25, 0.3) is 0 Å². The van der Waals surface area contributed by atoms with Crippen LogP contribution in [0.3, 0.4) is 0 Å². The molecule has 208 valence electrons. The van der Waals surface area contributed by atoms with Crippen LogP contribution in [0.5, 0.6) is 0 Å². The number of hydrogen-bond donors (Lipinski definition) is 2. The van der Waals surface area contributed by atoms with Gasteiger partial charge in [0.1, 0.15) is 24.1 Å². The van der Waals surface area contributed by atoms with E-state index in [4.69, 9.17) is 4.52 Å².